The third kappa shape index (κ3) is 6.16. The Hall–Kier alpha value is -5.07. The molecule has 21 rings (SSSR count). The number of carbonyl (C=O) groups is 3. The number of fused-ring (bicyclic) bond motifs is 7. The molecule has 19 aliphatic rings. The molecule has 4 N–H and O–H groups in total. The van der Waals surface area contributed by atoms with Crippen molar-refractivity contribution >= 4 is 17.7 Å². The van der Waals surface area contributed by atoms with Crippen molar-refractivity contribution in [2.75, 3.05) is 26.4 Å². The van der Waals surface area contributed by atoms with Crippen molar-refractivity contribution in [3.8, 4) is 11.8 Å². The van der Waals surface area contributed by atoms with Crippen LogP contribution in [0, 0.1) is 139 Å². The van der Waals surface area contributed by atoms with Crippen molar-refractivity contribution in [1.29, 1.82) is 0 Å². The van der Waals surface area contributed by atoms with Gasteiger partial charge in [-0.25, -0.2) is 4.79 Å². The van der Waals surface area contributed by atoms with Gasteiger partial charge in [0.25, 0.3) is 0 Å². The Morgan fingerprint density at radius 3 is 2.68 bits per heavy atom. The van der Waals surface area contributed by atoms with E-state index in [1.54, 1.807) is 6.26 Å². The molecule has 2 aromatic rings. The predicted octanol–water partition coefficient (Wildman–Crippen LogP) is 10.3. The summed E-state index contributed by atoms with van der Waals surface area (Å²) in [5.41, 5.74) is -8.54. The largest absolute Gasteiger partial charge is 0.469 e. The van der Waals surface area contributed by atoms with E-state index in [0.29, 0.717) is 73.1 Å². The van der Waals surface area contributed by atoms with Gasteiger partial charge in [0.1, 0.15) is 35.1 Å². The highest BCUT2D eigenvalue weighted by Crippen LogP contribution is 2.94. The molecule has 488 valence electrons. The quantitative estimate of drug-likeness (QED) is 0.0850. The Bertz CT molecular complexity index is 3840. The smallest absolute Gasteiger partial charge is 0.339 e. The average molecular weight is 1260 g/mol. The van der Waals surface area contributed by atoms with Gasteiger partial charge in [-0.1, -0.05) is 117 Å². The Balaban J connectivity index is 0.799. The van der Waals surface area contributed by atoms with Crippen LogP contribution in [0.2, 0.25) is 0 Å². The summed E-state index contributed by atoms with van der Waals surface area (Å²) < 4.78 is 38.4. The number of Topliss-reactive ketones (excluding diaryl/α,β-unsaturated/α-hetero) is 1. The number of carbonyl (C=O) groups excluding carboxylic acids is 3. The second-order valence-corrected chi connectivity index (χ2v) is 34.8. The number of rotatable bonds is 8. The molecule has 10 bridgehead atoms. The van der Waals surface area contributed by atoms with Gasteiger partial charge in [0.2, 0.25) is 0 Å². The van der Waals surface area contributed by atoms with Gasteiger partial charge >= 0.3 is 11.9 Å². The highest BCUT2D eigenvalue weighted by atomic mass is 16.7. The van der Waals surface area contributed by atoms with E-state index in [0.717, 1.165) is 77.4 Å². The number of nitrogens with zero attached hydrogens (tertiary/aromatic N) is 1. The maximum absolute atomic E-state index is 18.2. The Morgan fingerprint density at radius 1 is 0.914 bits per heavy atom. The number of epoxide rings is 1. The lowest BCUT2D eigenvalue weighted by Gasteiger charge is -2.74. The fourth-order valence-corrected chi connectivity index (χ4v) is 30.0. The van der Waals surface area contributed by atoms with E-state index < -0.39 is 104 Å². The molecule has 1 aromatic heterocycles. The monoisotopic (exact) mass is 1260 g/mol. The number of esters is 2. The summed E-state index contributed by atoms with van der Waals surface area (Å²) in [7, 11) is 0. The first kappa shape index (κ1) is 57.0. The zero-order valence-electron chi connectivity index (χ0n) is 54.1. The summed E-state index contributed by atoms with van der Waals surface area (Å²) in [6.07, 6.45) is 35.2. The summed E-state index contributed by atoms with van der Waals surface area (Å²) in [5.74, 6) is 7.14. The molecule has 1 aromatic carbocycles. The van der Waals surface area contributed by atoms with Gasteiger partial charge in [-0.05, 0) is 202 Å². The molecule has 12 aliphatic carbocycles. The Labute approximate surface area is 546 Å². The molecule has 30 atom stereocenters. The van der Waals surface area contributed by atoms with Crippen LogP contribution in [0.3, 0.4) is 0 Å². The van der Waals surface area contributed by atoms with Crippen LogP contribution in [0.5, 0.6) is 0 Å². The van der Waals surface area contributed by atoms with Crippen LogP contribution in [0.4, 0.5) is 0 Å². The minimum atomic E-state index is -1.61. The van der Waals surface area contributed by atoms with Crippen LogP contribution >= 0.6 is 0 Å². The molecular formula is C80H92N2O11. The number of hydrogen-bond acceptors (Lipinski definition) is 13. The molecule has 8 saturated carbocycles. The molecule has 5 saturated heterocycles. The van der Waals surface area contributed by atoms with Gasteiger partial charge in [-0.3, -0.25) is 14.9 Å². The lowest BCUT2D eigenvalue weighted by atomic mass is 9.28. The lowest BCUT2D eigenvalue weighted by molar-refractivity contribution is -0.320. The summed E-state index contributed by atoms with van der Waals surface area (Å²) in [4.78, 5) is 53.6. The maximum Gasteiger partial charge on any atom is 0.339 e. The van der Waals surface area contributed by atoms with Crippen molar-refractivity contribution < 1.29 is 53.1 Å². The fraction of sp³-hybridized carbons (Fsp3) is 0.688. The number of ketones is 1. The van der Waals surface area contributed by atoms with Gasteiger partial charge in [0.15, 0.2) is 17.5 Å². The van der Waals surface area contributed by atoms with Gasteiger partial charge in [-0.15, -0.1) is 0 Å². The number of aliphatic hydroxyl groups excluding tert-OH is 3. The molecule has 0 unspecified atom stereocenters. The van der Waals surface area contributed by atoms with E-state index in [-0.39, 0.29) is 78.0 Å². The molecule has 8 heterocycles. The molecule has 7 aliphatic heterocycles. The highest BCUT2D eigenvalue weighted by molar-refractivity contribution is 5.96. The molecule has 13 heteroatoms. The van der Waals surface area contributed by atoms with Crippen molar-refractivity contribution in [2.24, 2.45) is 127 Å². The lowest BCUT2D eigenvalue weighted by Crippen LogP contribution is -2.84. The van der Waals surface area contributed by atoms with Crippen LogP contribution in [0.15, 0.2) is 107 Å². The van der Waals surface area contributed by atoms with Crippen molar-refractivity contribution in [2.45, 2.75) is 183 Å². The maximum atomic E-state index is 18.2. The second kappa shape index (κ2) is 18.6. The van der Waals surface area contributed by atoms with Crippen LogP contribution in [-0.4, -0.2) is 106 Å². The number of aliphatic hydroxyl groups is 3. The normalized spacial score (nSPS) is 54.5. The van der Waals surface area contributed by atoms with Gasteiger partial charge < -0.3 is 43.6 Å². The van der Waals surface area contributed by atoms with E-state index >= 15 is 19.5 Å². The molecule has 13 fully saturated rings. The van der Waals surface area contributed by atoms with Gasteiger partial charge in [0.05, 0.1) is 49.0 Å². The SMILES string of the molecule is C[C@@H]1[C@H]2CCCC[C@H]2C=C[C@@]12C=CC[C@]13O[C@@]45C(=C[C@@H]21)C[C@H]1C[C@H]2C=C[C@]46C(=O)OC[C@@]54[C@@H]3C(=O)[C@@H](O)[C@]35[C@@H]4[C@H](C[C@@]16C2)C[C@]1(C)[C@@]32O[C@@H]2C(=O)O[C@]1(c1ccoc1C[C@@H]([C@H]1CC[C@H]2[C@H](C=CN3CNC[C@@H]23)C1)[C@H](O)CO)CC#C[C@@H]1CC[C@@H](Cc2ccccc2)C[C@@H]15. The number of nitrogens with one attached hydrogen (secondary N) is 1. The zero-order chi connectivity index (χ0) is 62.4. The molecular weight excluding hydrogens is 1160 g/mol. The molecule has 0 radical (unpaired) electrons. The molecule has 13 nitrogen and oxygen atoms in total. The first-order valence-corrected chi connectivity index (χ1v) is 37.0. The van der Waals surface area contributed by atoms with E-state index in [4.69, 9.17) is 23.4 Å². The number of benzene rings is 1. The second-order valence-electron chi connectivity index (χ2n) is 34.8. The minimum Gasteiger partial charge on any atom is -0.469 e. The summed E-state index contributed by atoms with van der Waals surface area (Å²) in [5, 5.41) is 42.2. The third-order valence-electron chi connectivity index (χ3n) is 32.7. The van der Waals surface area contributed by atoms with Crippen molar-refractivity contribution in [3.05, 3.63) is 120 Å². The zero-order valence-corrected chi connectivity index (χ0v) is 54.1. The van der Waals surface area contributed by atoms with E-state index in [9.17, 15) is 10.2 Å². The number of furan rings is 1. The standard InChI is InChI=1S/C80H92N2O11/c1-44-55-14-7-6-12-48(55)20-26-72(44)23-9-24-75-63(72)35-54-34-53-31-47-19-27-76-70(88)90-42-74(79(54,76)93-75)65-52(39-73(53,76)37-47)38-71(2)77(58-22-29-89-62(58)36-57(61(84)41-83)50-17-18-56-51(33-50)21-28-82-43-81-40-60(56)82)25-8-13-49-16-15-46(30-45-10-4-3-5-11-45)32-59(49)78(65,67(86)64(85)66(74)75)80(71)68(91-80)69(87)92-77/h3-5,9-11,19-23,26-29,35,44,46-53,55-57,59-61,63,65-68,81,83-84,86H,6-7,12,14-18,24-25,30-34,36-43H2,1-2H3/t44-,46+,47-,48+,49-,50+,51-,52+,53-,55-,56+,57+,59+,60+,61-,63+,65-,66+,67-,68-,71+,72+,73+,74-,75+,76-,77+,78+,79-,80-/m1/s1. The Morgan fingerprint density at radius 2 is 1.80 bits per heavy atom. The van der Waals surface area contributed by atoms with E-state index in [1.807, 2.05) is 6.07 Å². The van der Waals surface area contributed by atoms with E-state index in [2.05, 4.69) is 121 Å². The number of allylic oxidation sites excluding steroid dienone is 5. The van der Waals surface area contributed by atoms with Gasteiger partial charge in [-0.2, -0.15) is 0 Å². The molecule has 0 amide bonds. The topological polar surface area (TPSA) is 181 Å². The van der Waals surface area contributed by atoms with Crippen LogP contribution in [0.1, 0.15) is 140 Å². The Kier molecular flexibility index (Phi) is 11.4. The first-order valence-electron chi connectivity index (χ1n) is 37.0. The van der Waals surface area contributed by atoms with Crippen LogP contribution < -0.4 is 5.32 Å². The van der Waals surface area contributed by atoms with Crippen molar-refractivity contribution in [1.82, 2.24) is 10.2 Å². The fourth-order valence-electron chi connectivity index (χ4n) is 30.0. The van der Waals surface area contributed by atoms with Gasteiger partial charge in [0, 0.05) is 52.7 Å². The predicted molar refractivity (Wildman–Crippen MR) is 341 cm³/mol. The van der Waals surface area contributed by atoms with Crippen LogP contribution in [-0.2, 0) is 51.8 Å². The third-order valence-corrected chi connectivity index (χ3v) is 32.7. The van der Waals surface area contributed by atoms with E-state index in [1.165, 1.54) is 30.4 Å². The number of hydrogen-bond donors (Lipinski definition) is 4. The van der Waals surface area contributed by atoms with Crippen molar-refractivity contribution in [3.63, 3.8) is 0 Å². The highest BCUT2D eigenvalue weighted by Gasteiger charge is 3.02. The first-order chi connectivity index (χ1) is 45.2. The number of ether oxygens (including phenoxy) is 4. The van der Waals surface area contributed by atoms with Crippen LogP contribution in [0.25, 0.3) is 0 Å². The summed E-state index contributed by atoms with van der Waals surface area (Å²) >= 11 is 0. The molecule has 93 heavy (non-hydrogen) atoms. The number of cyclic esters (lactones) is 1. The average Bonchev–Trinajstić information content (AvgIpc) is 1.42. The molecule has 8 spiro atoms. The summed E-state index contributed by atoms with van der Waals surface area (Å²) in [6, 6.07) is 13.2. The minimum absolute atomic E-state index is 0.0192. The summed E-state index contributed by atoms with van der Waals surface area (Å²) in [6.45, 7) is 6.18.